The summed E-state index contributed by atoms with van der Waals surface area (Å²) in [6.07, 6.45) is 2.67. The zero-order valence-corrected chi connectivity index (χ0v) is 14.1. The highest BCUT2D eigenvalue weighted by Gasteiger charge is 2.10. The Morgan fingerprint density at radius 3 is 2.46 bits per heavy atom. The van der Waals surface area contributed by atoms with Crippen LogP contribution < -0.4 is 5.56 Å². The number of hydrogen-bond acceptors (Lipinski definition) is 3. The van der Waals surface area contributed by atoms with Crippen LogP contribution in [-0.4, -0.2) is 15.8 Å². The topological polar surface area (TPSA) is 34.9 Å². The van der Waals surface area contributed by atoms with Crippen molar-refractivity contribution in [3.63, 3.8) is 0 Å². The molecule has 0 radical (unpaired) electrons. The van der Waals surface area contributed by atoms with Crippen LogP contribution in [0.3, 0.4) is 0 Å². The second-order valence-electron chi connectivity index (χ2n) is 5.36. The van der Waals surface area contributed by atoms with Gasteiger partial charge in [0.15, 0.2) is 5.16 Å². The van der Waals surface area contributed by atoms with Crippen LogP contribution in [0.2, 0.25) is 0 Å². The minimum atomic E-state index is -0.306. The van der Waals surface area contributed by atoms with Crippen LogP contribution in [0.4, 0.5) is 4.39 Å². The molecule has 0 saturated heterocycles. The van der Waals surface area contributed by atoms with Crippen LogP contribution in [-0.2, 0) is 13.0 Å². The van der Waals surface area contributed by atoms with Crippen LogP contribution >= 0.6 is 11.8 Å². The lowest BCUT2D eigenvalue weighted by Crippen LogP contribution is -2.23. The van der Waals surface area contributed by atoms with E-state index < -0.39 is 0 Å². The summed E-state index contributed by atoms with van der Waals surface area (Å²) in [5, 5.41) is 0.665. The second-order valence-corrected chi connectivity index (χ2v) is 6.13. The monoisotopic (exact) mass is 340 g/mol. The highest BCUT2D eigenvalue weighted by molar-refractivity contribution is 7.98. The Kier molecular flexibility index (Phi) is 5.11. The highest BCUT2D eigenvalue weighted by Crippen LogP contribution is 2.19. The largest absolute Gasteiger partial charge is 0.287 e. The summed E-state index contributed by atoms with van der Waals surface area (Å²) in [6.45, 7) is 0.579. The van der Waals surface area contributed by atoms with E-state index in [2.05, 4.69) is 4.98 Å². The average Bonchev–Trinajstić information content (AvgIpc) is 2.61. The normalized spacial score (nSPS) is 10.8. The van der Waals surface area contributed by atoms with E-state index in [0.29, 0.717) is 17.4 Å². The molecular weight excluding hydrogens is 323 g/mol. The first kappa shape index (κ1) is 16.5. The molecule has 3 aromatic rings. The number of benzene rings is 2. The molecule has 0 aliphatic carbocycles. The lowest BCUT2D eigenvalue weighted by Gasteiger charge is -2.12. The maximum absolute atomic E-state index is 13.1. The van der Waals surface area contributed by atoms with Gasteiger partial charge in [-0.15, -0.1) is 0 Å². The van der Waals surface area contributed by atoms with Crippen molar-refractivity contribution in [2.45, 2.75) is 18.1 Å². The van der Waals surface area contributed by atoms with E-state index in [-0.39, 0.29) is 11.4 Å². The first-order chi connectivity index (χ1) is 11.7. The van der Waals surface area contributed by atoms with Crippen molar-refractivity contribution < 1.29 is 4.39 Å². The summed E-state index contributed by atoms with van der Waals surface area (Å²) in [5.41, 5.74) is 2.39. The van der Waals surface area contributed by atoms with Crippen LogP contribution in [0.15, 0.2) is 70.6 Å². The molecule has 0 spiro atoms. The van der Waals surface area contributed by atoms with Crippen molar-refractivity contribution in [3.8, 4) is 11.3 Å². The summed E-state index contributed by atoms with van der Waals surface area (Å²) in [4.78, 5) is 17.1. The Balaban J connectivity index is 1.90. The van der Waals surface area contributed by atoms with Gasteiger partial charge in [0.1, 0.15) is 5.82 Å². The summed E-state index contributed by atoms with van der Waals surface area (Å²) in [5.74, 6) is -0.306. The van der Waals surface area contributed by atoms with Gasteiger partial charge < -0.3 is 0 Å². The Morgan fingerprint density at radius 2 is 1.79 bits per heavy atom. The van der Waals surface area contributed by atoms with Gasteiger partial charge in [0.05, 0.1) is 5.69 Å². The number of nitrogens with zero attached hydrogens (tertiary/aromatic N) is 2. The standard InChI is InChI=1S/C19H17FN2OS/c1-24-19-21-17(15-7-9-16(20)10-8-15)13-18(23)22(19)12-11-14-5-3-2-4-6-14/h2-10,13H,11-12H2,1H3. The number of thioether (sulfide) groups is 1. The number of rotatable bonds is 5. The van der Waals surface area contributed by atoms with E-state index in [1.54, 1.807) is 16.7 Å². The Morgan fingerprint density at radius 1 is 1.08 bits per heavy atom. The molecular formula is C19H17FN2OS. The predicted molar refractivity (Wildman–Crippen MR) is 95.8 cm³/mol. The molecule has 3 rings (SSSR count). The third-order valence-corrected chi connectivity index (χ3v) is 4.44. The molecule has 0 N–H and O–H groups in total. The van der Waals surface area contributed by atoms with Gasteiger partial charge in [-0.2, -0.15) is 0 Å². The van der Waals surface area contributed by atoms with Gasteiger partial charge in [-0.05, 0) is 42.5 Å². The molecule has 24 heavy (non-hydrogen) atoms. The van der Waals surface area contributed by atoms with E-state index in [1.807, 2.05) is 36.6 Å². The molecule has 3 nitrogen and oxygen atoms in total. The SMILES string of the molecule is CSc1nc(-c2ccc(F)cc2)cc(=O)n1CCc1ccccc1. The number of hydrogen-bond donors (Lipinski definition) is 0. The minimum absolute atomic E-state index is 0.0930. The van der Waals surface area contributed by atoms with Gasteiger partial charge in [0.25, 0.3) is 5.56 Å². The lowest BCUT2D eigenvalue weighted by atomic mass is 10.1. The van der Waals surface area contributed by atoms with E-state index in [1.165, 1.54) is 35.5 Å². The first-order valence-electron chi connectivity index (χ1n) is 7.63. The molecule has 0 atom stereocenters. The average molecular weight is 340 g/mol. The molecule has 0 aliphatic rings. The second kappa shape index (κ2) is 7.45. The quantitative estimate of drug-likeness (QED) is 0.520. The zero-order valence-electron chi connectivity index (χ0n) is 13.3. The summed E-state index contributed by atoms with van der Waals surface area (Å²) in [7, 11) is 0. The highest BCUT2D eigenvalue weighted by atomic mass is 32.2. The molecule has 1 aromatic heterocycles. The maximum Gasteiger partial charge on any atom is 0.254 e. The fraction of sp³-hybridized carbons (Fsp3) is 0.158. The minimum Gasteiger partial charge on any atom is -0.287 e. The zero-order chi connectivity index (χ0) is 16.9. The van der Waals surface area contributed by atoms with Crippen LogP contribution in [0.5, 0.6) is 0 Å². The van der Waals surface area contributed by atoms with Gasteiger partial charge in [0.2, 0.25) is 0 Å². The molecule has 0 unspecified atom stereocenters. The number of halogens is 1. The molecule has 122 valence electrons. The van der Waals surface area contributed by atoms with Crippen LogP contribution in [0.25, 0.3) is 11.3 Å². The van der Waals surface area contributed by atoms with Gasteiger partial charge >= 0.3 is 0 Å². The fourth-order valence-corrected chi connectivity index (χ4v) is 3.09. The van der Waals surface area contributed by atoms with Crippen molar-refractivity contribution in [3.05, 3.63) is 82.4 Å². The molecule has 0 aliphatic heterocycles. The molecule has 2 aromatic carbocycles. The molecule has 5 heteroatoms. The molecule has 0 fully saturated rings. The van der Waals surface area contributed by atoms with Crippen LogP contribution in [0.1, 0.15) is 5.56 Å². The Labute approximate surface area is 144 Å². The predicted octanol–water partition coefficient (Wildman–Crippen LogP) is 4.01. The van der Waals surface area contributed by atoms with Crippen LogP contribution in [0, 0.1) is 5.82 Å². The third-order valence-electron chi connectivity index (χ3n) is 3.76. The van der Waals surface area contributed by atoms with E-state index in [9.17, 15) is 9.18 Å². The molecule has 1 heterocycles. The van der Waals surface area contributed by atoms with Crippen molar-refractivity contribution in [2.75, 3.05) is 6.26 Å². The number of aryl methyl sites for hydroxylation is 1. The van der Waals surface area contributed by atoms with E-state index >= 15 is 0 Å². The summed E-state index contributed by atoms with van der Waals surface area (Å²) < 4.78 is 14.7. The van der Waals surface area contributed by atoms with Gasteiger partial charge in [0, 0.05) is 18.2 Å². The Bertz CT molecular complexity index is 876. The fourth-order valence-electron chi connectivity index (χ4n) is 2.50. The van der Waals surface area contributed by atoms with Crippen molar-refractivity contribution in [1.29, 1.82) is 0 Å². The summed E-state index contributed by atoms with van der Waals surface area (Å²) in [6, 6.07) is 17.6. The van der Waals surface area contributed by atoms with Gasteiger partial charge in [-0.25, -0.2) is 9.37 Å². The van der Waals surface area contributed by atoms with Crippen molar-refractivity contribution >= 4 is 11.8 Å². The van der Waals surface area contributed by atoms with Gasteiger partial charge in [-0.1, -0.05) is 42.1 Å². The summed E-state index contributed by atoms with van der Waals surface area (Å²) >= 11 is 1.43. The first-order valence-corrected chi connectivity index (χ1v) is 8.85. The van der Waals surface area contributed by atoms with E-state index in [0.717, 1.165) is 12.0 Å². The van der Waals surface area contributed by atoms with Crippen molar-refractivity contribution in [1.82, 2.24) is 9.55 Å². The van der Waals surface area contributed by atoms with E-state index in [4.69, 9.17) is 0 Å². The lowest BCUT2D eigenvalue weighted by molar-refractivity contribution is 0.588. The maximum atomic E-state index is 13.1. The Hall–Kier alpha value is -2.40. The molecule has 0 amide bonds. The third kappa shape index (κ3) is 3.74. The number of aromatic nitrogens is 2. The smallest absolute Gasteiger partial charge is 0.254 e. The molecule has 0 saturated carbocycles. The van der Waals surface area contributed by atoms with Gasteiger partial charge in [-0.3, -0.25) is 9.36 Å². The molecule has 0 bridgehead atoms. The van der Waals surface area contributed by atoms with Crippen molar-refractivity contribution in [2.24, 2.45) is 0 Å².